The number of aromatic carboxylic acids is 2. The summed E-state index contributed by atoms with van der Waals surface area (Å²) in [5.41, 5.74) is 7.37. The first kappa shape index (κ1) is 21.9. The Morgan fingerprint density at radius 3 is 1.12 bits per heavy atom. The monoisotopic (exact) mass is 372 g/mol. The van der Waals surface area contributed by atoms with E-state index >= 15 is 0 Å². The van der Waals surface area contributed by atoms with Crippen LogP contribution in [0.3, 0.4) is 0 Å². The molecule has 130 valence electrons. The lowest BCUT2D eigenvalue weighted by Crippen LogP contribution is -2.64. The highest BCUT2D eigenvalue weighted by Gasteiger charge is 1.91. The molecule has 0 radical (unpaired) electrons. The molecule has 6 N–H and O–H groups in total. The zero-order chi connectivity index (χ0) is 18.5. The Labute approximate surface area is 149 Å². The standard InChI is InChI=1S/2C7H5ClO2.C2H8N2/c2*8-6-3-1-5(2-4-6)7(9)10;3-1-2-4/h2*1-4H,(H,9,10);1-4H2. The second-order valence-electron chi connectivity index (χ2n) is 4.30. The van der Waals surface area contributed by atoms with Crippen LogP contribution in [0.2, 0.25) is 10.0 Å². The van der Waals surface area contributed by atoms with Gasteiger partial charge in [-0.2, -0.15) is 0 Å². The maximum Gasteiger partial charge on any atom is 0.124 e. The van der Waals surface area contributed by atoms with Crippen LogP contribution >= 0.6 is 23.2 Å². The highest BCUT2D eigenvalue weighted by Crippen LogP contribution is 2.08. The van der Waals surface area contributed by atoms with Crippen LogP contribution in [0.25, 0.3) is 0 Å². The van der Waals surface area contributed by atoms with Gasteiger partial charge in [-0.05, 0) is 35.4 Å². The van der Waals surface area contributed by atoms with Gasteiger partial charge in [-0.1, -0.05) is 47.5 Å². The van der Waals surface area contributed by atoms with Crippen LogP contribution in [0.1, 0.15) is 20.7 Å². The molecule has 6 nitrogen and oxygen atoms in total. The van der Waals surface area contributed by atoms with Gasteiger partial charge in [0, 0.05) is 10.0 Å². The second-order valence-corrected chi connectivity index (χ2v) is 5.17. The molecule has 0 saturated carbocycles. The van der Waals surface area contributed by atoms with Crippen LogP contribution in [0.5, 0.6) is 0 Å². The molecule has 2 aromatic carbocycles. The van der Waals surface area contributed by atoms with E-state index in [2.05, 4.69) is 11.5 Å². The lowest BCUT2D eigenvalue weighted by molar-refractivity contribution is -0.453. The van der Waals surface area contributed by atoms with E-state index < -0.39 is 11.9 Å². The maximum atomic E-state index is 10.2. The number of carboxylic acid groups (broad SMARTS) is 2. The zero-order valence-corrected chi connectivity index (χ0v) is 14.3. The highest BCUT2D eigenvalue weighted by molar-refractivity contribution is 6.30. The third-order valence-electron chi connectivity index (χ3n) is 2.41. The van der Waals surface area contributed by atoms with E-state index in [1.54, 1.807) is 0 Å². The smallest absolute Gasteiger partial charge is 0.124 e. The van der Waals surface area contributed by atoms with Crippen molar-refractivity contribution in [3.8, 4) is 0 Å². The third kappa shape index (κ3) is 9.81. The van der Waals surface area contributed by atoms with Gasteiger partial charge in [0.2, 0.25) is 0 Å². The van der Waals surface area contributed by atoms with Crippen molar-refractivity contribution < 1.29 is 31.3 Å². The predicted molar refractivity (Wildman–Crippen MR) is 87.1 cm³/mol. The summed E-state index contributed by atoms with van der Waals surface area (Å²) >= 11 is 11.0. The zero-order valence-electron chi connectivity index (χ0n) is 12.8. The summed E-state index contributed by atoms with van der Waals surface area (Å²) < 4.78 is 0. The Morgan fingerprint density at radius 1 is 0.708 bits per heavy atom. The van der Waals surface area contributed by atoms with Crippen molar-refractivity contribution >= 4 is 35.1 Å². The Bertz CT molecular complexity index is 574. The lowest BCUT2D eigenvalue weighted by atomic mass is 10.2. The van der Waals surface area contributed by atoms with Gasteiger partial charge in [-0.15, -0.1) is 0 Å². The average molecular weight is 373 g/mol. The van der Waals surface area contributed by atoms with E-state index in [1.807, 2.05) is 0 Å². The Morgan fingerprint density at radius 2 is 0.958 bits per heavy atom. The SMILES string of the molecule is O=C([O-])c1ccc(Cl)cc1.O=C([O-])c1ccc(Cl)cc1.[NH3+]CC[NH3+]. The van der Waals surface area contributed by atoms with E-state index in [1.165, 1.54) is 48.5 Å². The number of hydrogen-bond donors (Lipinski definition) is 2. The van der Waals surface area contributed by atoms with Gasteiger partial charge in [0.25, 0.3) is 0 Å². The maximum absolute atomic E-state index is 10.2. The molecule has 0 aliphatic heterocycles. The van der Waals surface area contributed by atoms with Crippen molar-refractivity contribution in [2.75, 3.05) is 13.1 Å². The molecule has 24 heavy (non-hydrogen) atoms. The normalized spacial score (nSPS) is 9.00. The van der Waals surface area contributed by atoms with Crippen LogP contribution < -0.4 is 21.7 Å². The fraction of sp³-hybridized carbons (Fsp3) is 0.125. The van der Waals surface area contributed by atoms with E-state index in [0.29, 0.717) is 10.0 Å². The summed E-state index contributed by atoms with van der Waals surface area (Å²) in [6, 6.07) is 11.6. The van der Waals surface area contributed by atoms with Crippen LogP contribution in [-0.2, 0) is 0 Å². The minimum Gasteiger partial charge on any atom is -0.545 e. The average Bonchev–Trinajstić information content (AvgIpc) is 2.56. The van der Waals surface area contributed by atoms with E-state index in [0.717, 1.165) is 13.1 Å². The van der Waals surface area contributed by atoms with Gasteiger partial charge in [0.1, 0.15) is 13.1 Å². The van der Waals surface area contributed by atoms with Crippen molar-refractivity contribution in [3.05, 3.63) is 69.7 Å². The molecular formula is C16H18Cl2N2O4. The molecule has 0 aliphatic rings. The number of carbonyl (C=O) groups is 2. The van der Waals surface area contributed by atoms with Gasteiger partial charge < -0.3 is 31.3 Å². The summed E-state index contributed by atoms with van der Waals surface area (Å²) in [7, 11) is 0. The van der Waals surface area contributed by atoms with Crippen LogP contribution in [-0.4, -0.2) is 25.0 Å². The molecule has 0 aliphatic carbocycles. The molecule has 0 unspecified atom stereocenters. The molecule has 2 aromatic rings. The molecular weight excluding hydrogens is 355 g/mol. The molecule has 0 heterocycles. The molecule has 2 rings (SSSR count). The summed E-state index contributed by atoms with van der Waals surface area (Å²) in [6.45, 7) is 1.92. The molecule has 0 saturated heterocycles. The largest absolute Gasteiger partial charge is 0.545 e. The van der Waals surface area contributed by atoms with Crippen molar-refractivity contribution in [2.24, 2.45) is 0 Å². The van der Waals surface area contributed by atoms with Gasteiger partial charge in [0.05, 0.1) is 11.9 Å². The quantitative estimate of drug-likeness (QED) is 0.704. The predicted octanol–water partition coefficient (Wildman–Crippen LogP) is -1.12. The number of carboxylic acids is 2. The molecule has 8 heteroatoms. The summed E-state index contributed by atoms with van der Waals surface area (Å²) in [6.07, 6.45) is 0. The number of hydrogen-bond acceptors (Lipinski definition) is 4. The van der Waals surface area contributed by atoms with Crippen molar-refractivity contribution in [1.82, 2.24) is 0 Å². The number of quaternary nitrogens is 2. The number of rotatable bonds is 3. The Kier molecular flexibility index (Phi) is 11.2. The summed E-state index contributed by atoms with van der Waals surface area (Å²) in [5.74, 6) is -2.37. The number of benzene rings is 2. The van der Waals surface area contributed by atoms with Crippen molar-refractivity contribution in [1.29, 1.82) is 0 Å². The molecule has 0 atom stereocenters. The first-order chi connectivity index (χ1) is 11.3. The van der Waals surface area contributed by atoms with Gasteiger partial charge in [-0.3, -0.25) is 0 Å². The lowest BCUT2D eigenvalue weighted by Gasteiger charge is -1.99. The van der Waals surface area contributed by atoms with Gasteiger partial charge in [0.15, 0.2) is 0 Å². The van der Waals surface area contributed by atoms with E-state index in [-0.39, 0.29) is 11.1 Å². The molecule has 0 aromatic heterocycles. The summed E-state index contributed by atoms with van der Waals surface area (Å²) in [4.78, 5) is 20.3. The molecule has 0 amide bonds. The number of carbonyl (C=O) groups excluding carboxylic acids is 2. The van der Waals surface area contributed by atoms with Crippen LogP contribution in [0.15, 0.2) is 48.5 Å². The second kappa shape index (κ2) is 12.3. The molecule has 0 fully saturated rings. The van der Waals surface area contributed by atoms with Crippen molar-refractivity contribution in [2.45, 2.75) is 0 Å². The van der Waals surface area contributed by atoms with Crippen LogP contribution in [0.4, 0.5) is 0 Å². The molecule has 0 bridgehead atoms. The van der Waals surface area contributed by atoms with Crippen molar-refractivity contribution in [3.63, 3.8) is 0 Å². The Balaban J connectivity index is 0.000000363. The summed E-state index contributed by atoms with van der Waals surface area (Å²) in [5, 5.41) is 21.4. The third-order valence-corrected chi connectivity index (χ3v) is 2.91. The topological polar surface area (TPSA) is 136 Å². The van der Waals surface area contributed by atoms with E-state index in [9.17, 15) is 19.8 Å². The van der Waals surface area contributed by atoms with E-state index in [4.69, 9.17) is 23.2 Å². The Hall–Kier alpha value is -2.12. The minimum atomic E-state index is -1.18. The van der Waals surface area contributed by atoms with Gasteiger partial charge in [-0.25, -0.2) is 0 Å². The van der Waals surface area contributed by atoms with Crippen LogP contribution in [0, 0.1) is 0 Å². The molecule has 0 spiro atoms. The first-order valence-corrected chi connectivity index (χ1v) is 7.59. The number of halogens is 2. The van der Waals surface area contributed by atoms with Gasteiger partial charge >= 0.3 is 0 Å². The fourth-order valence-corrected chi connectivity index (χ4v) is 1.42. The first-order valence-electron chi connectivity index (χ1n) is 6.84. The fourth-order valence-electron chi connectivity index (χ4n) is 1.17. The minimum absolute atomic E-state index is 0.143. The highest BCUT2D eigenvalue weighted by atomic mass is 35.5.